The topological polar surface area (TPSA) is 80.7 Å². The minimum atomic E-state index is -0.537. The average Bonchev–Trinajstić information content (AvgIpc) is 2.32. The zero-order chi connectivity index (χ0) is 14.3. The number of nitrogens with one attached hydrogen (secondary N) is 1. The van der Waals surface area contributed by atoms with E-state index < -0.39 is 11.7 Å². The van der Waals surface area contributed by atoms with Crippen molar-refractivity contribution in [3.63, 3.8) is 0 Å². The molecule has 1 rings (SSSR count). The molecule has 0 bridgehead atoms. The average molecular weight is 268 g/mol. The molecule has 0 atom stereocenters. The van der Waals surface area contributed by atoms with Crippen LogP contribution in [0.2, 0.25) is 0 Å². The van der Waals surface area contributed by atoms with Crippen molar-refractivity contribution in [3.8, 4) is 5.75 Å². The second-order valence-corrected chi connectivity index (χ2v) is 4.88. The van der Waals surface area contributed by atoms with Gasteiger partial charge in [0.15, 0.2) is 0 Å². The van der Waals surface area contributed by atoms with Gasteiger partial charge in [-0.25, -0.2) is 4.79 Å². The van der Waals surface area contributed by atoms with E-state index in [1.165, 1.54) is 0 Å². The fourth-order valence-corrected chi connectivity index (χ4v) is 1.31. The number of aromatic nitrogens is 1. The molecule has 0 fully saturated rings. The van der Waals surface area contributed by atoms with Gasteiger partial charge in [0.05, 0.1) is 13.2 Å². The second-order valence-electron chi connectivity index (χ2n) is 4.88. The lowest BCUT2D eigenvalue weighted by molar-refractivity contribution is 0.0522. The Kier molecular flexibility index (Phi) is 5.57. The summed E-state index contributed by atoms with van der Waals surface area (Å²) in [6, 6.07) is 3.46. The number of alkyl carbamates (subject to hydrolysis) is 1. The van der Waals surface area contributed by atoms with Crippen molar-refractivity contribution in [3.05, 3.63) is 24.0 Å². The third kappa shape index (κ3) is 6.05. The first-order chi connectivity index (χ1) is 8.92. The molecule has 2 N–H and O–H groups in total. The molecule has 0 aliphatic heterocycles. The number of aliphatic hydroxyl groups excluding tert-OH is 1. The van der Waals surface area contributed by atoms with Crippen LogP contribution >= 0.6 is 0 Å². The maximum Gasteiger partial charge on any atom is 0.407 e. The number of pyridine rings is 1. The standard InChI is InChI=1S/C13H20N2O4/c1-13(2,3)19-12(17)15-9-10-11(18-8-7-16)5-4-6-14-10/h4-6,16H,7-9H2,1-3H3,(H,15,17). The fraction of sp³-hybridized carbons (Fsp3) is 0.538. The molecule has 6 heteroatoms. The molecule has 0 aliphatic rings. The summed E-state index contributed by atoms with van der Waals surface area (Å²) < 4.78 is 10.4. The number of hydrogen-bond acceptors (Lipinski definition) is 5. The molecule has 0 aliphatic carbocycles. The summed E-state index contributed by atoms with van der Waals surface area (Å²) in [5, 5.41) is 11.3. The molecule has 1 aromatic rings. The molecule has 19 heavy (non-hydrogen) atoms. The summed E-state index contributed by atoms with van der Waals surface area (Å²) in [6.45, 7) is 5.70. The molecule has 0 saturated carbocycles. The summed E-state index contributed by atoms with van der Waals surface area (Å²) >= 11 is 0. The van der Waals surface area contributed by atoms with Gasteiger partial charge in [-0.05, 0) is 32.9 Å². The van der Waals surface area contributed by atoms with E-state index in [1.54, 1.807) is 39.1 Å². The van der Waals surface area contributed by atoms with Gasteiger partial charge in [0.1, 0.15) is 23.7 Å². The zero-order valence-corrected chi connectivity index (χ0v) is 11.5. The molecule has 0 unspecified atom stereocenters. The number of nitrogens with zero attached hydrogens (tertiary/aromatic N) is 1. The van der Waals surface area contributed by atoms with Gasteiger partial charge in [-0.15, -0.1) is 0 Å². The molecule has 1 heterocycles. The van der Waals surface area contributed by atoms with Gasteiger partial charge in [0, 0.05) is 6.20 Å². The van der Waals surface area contributed by atoms with Gasteiger partial charge in [-0.2, -0.15) is 0 Å². The first kappa shape index (κ1) is 15.2. The number of hydrogen-bond donors (Lipinski definition) is 2. The first-order valence-corrected chi connectivity index (χ1v) is 6.07. The SMILES string of the molecule is CC(C)(C)OC(=O)NCc1ncccc1OCCO. The molecule has 106 valence electrons. The van der Waals surface area contributed by atoms with Crippen LogP contribution in [-0.2, 0) is 11.3 Å². The van der Waals surface area contributed by atoms with Crippen molar-refractivity contribution in [1.29, 1.82) is 0 Å². The van der Waals surface area contributed by atoms with Crippen molar-refractivity contribution in [2.24, 2.45) is 0 Å². The van der Waals surface area contributed by atoms with Crippen LogP contribution in [0.1, 0.15) is 26.5 Å². The predicted octanol–water partition coefficient (Wildman–Crippen LogP) is 1.48. The van der Waals surface area contributed by atoms with Crippen molar-refractivity contribution < 1.29 is 19.4 Å². The predicted molar refractivity (Wildman–Crippen MR) is 69.9 cm³/mol. The van der Waals surface area contributed by atoms with Crippen LogP contribution in [0.15, 0.2) is 18.3 Å². The van der Waals surface area contributed by atoms with E-state index in [0.717, 1.165) is 0 Å². The third-order valence-corrected chi connectivity index (χ3v) is 2.00. The number of carbonyl (C=O) groups is 1. The molecule has 6 nitrogen and oxygen atoms in total. The lowest BCUT2D eigenvalue weighted by Gasteiger charge is -2.19. The quantitative estimate of drug-likeness (QED) is 0.845. The normalized spacial score (nSPS) is 10.9. The Bertz CT molecular complexity index is 415. The third-order valence-electron chi connectivity index (χ3n) is 2.00. The highest BCUT2D eigenvalue weighted by Gasteiger charge is 2.16. The fourth-order valence-electron chi connectivity index (χ4n) is 1.31. The van der Waals surface area contributed by atoms with E-state index >= 15 is 0 Å². The van der Waals surface area contributed by atoms with Crippen LogP contribution in [0.25, 0.3) is 0 Å². The van der Waals surface area contributed by atoms with Gasteiger partial charge >= 0.3 is 6.09 Å². The van der Waals surface area contributed by atoms with Crippen LogP contribution in [0.3, 0.4) is 0 Å². The smallest absolute Gasteiger partial charge is 0.407 e. The molecular formula is C13H20N2O4. The lowest BCUT2D eigenvalue weighted by atomic mass is 10.2. The van der Waals surface area contributed by atoms with Crippen LogP contribution in [0.5, 0.6) is 5.75 Å². The minimum absolute atomic E-state index is 0.0756. The lowest BCUT2D eigenvalue weighted by Crippen LogP contribution is -2.32. The van der Waals surface area contributed by atoms with Crippen LogP contribution in [0, 0.1) is 0 Å². The molecule has 1 aromatic heterocycles. The zero-order valence-electron chi connectivity index (χ0n) is 11.5. The van der Waals surface area contributed by atoms with Gasteiger partial charge in [-0.3, -0.25) is 4.98 Å². The van der Waals surface area contributed by atoms with E-state index in [4.69, 9.17) is 14.6 Å². The van der Waals surface area contributed by atoms with Crippen LogP contribution in [-0.4, -0.2) is 35.0 Å². The number of carbonyl (C=O) groups excluding carboxylic acids is 1. The Morgan fingerprint density at radius 2 is 2.21 bits per heavy atom. The Hall–Kier alpha value is -1.82. The van der Waals surface area contributed by atoms with Gasteiger partial charge in [-0.1, -0.05) is 0 Å². The van der Waals surface area contributed by atoms with Gasteiger partial charge in [0.2, 0.25) is 0 Å². The first-order valence-electron chi connectivity index (χ1n) is 6.07. The van der Waals surface area contributed by atoms with E-state index in [0.29, 0.717) is 11.4 Å². The highest BCUT2D eigenvalue weighted by atomic mass is 16.6. The molecule has 0 radical (unpaired) electrons. The number of aliphatic hydroxyl groups is 1. The van der Waals surface area contributed by atoms with Crippen molar-refractivity contribution in [1.82, 2.24) is 10.3 Å². The molecular weight excluding hydrogens is 248 g/mol. The van der Waals surface area contributed by atoms with Crippen LogP contribution < -0.4 is 10.1 Å². The molecule has 1 amide bonds. The van der Waals surface area contributed by atoms with Gasteiger partial charge in [0.25, 0.3) is 0 Å². The Morgan fingerprint density at radius 1 is 1.47 bits per heavy atom. The largest absolute Gasteiger partial charge is 0.489 e. The molecule has 0 saturated heterocycles. The van der Waals surface area contributed by atoms with E-state index in [9.17, 15) is 4.79 Å². The molecule has 0 aromatic carbocycles. The van der Waals surface area contributed by atoms with E-state index in [2.05, 4.69) is 10.3 Å². The maximum absolute atomic E-state index is 11.5. The number of amides is 1. The summed E-state index contributed by atoms with van der Waals surface area (Å²) in [4.78, 5) is 15.6. The number of rotatable bonds is 5. The maximum atomic E-state index is 11.5. The summed E-state index contributed by atoms with van der Waals surface area (Å²) in [5.41, 5.74) is 0.0477. The Morgan fingerprint density at radius 3 is 2.84 bits per heavy atom. The van der Waals surface area contributed by atoms with E-state index in [1.807, 2.05) is 0 Å². The summed E-state index contributed by atoms with van der Waals surface area (Å²) in [5.74, 6) is 0.535. The minimum Gasteiger partial charge on any atom is -0.489 e. The molecule has 0 spiro atoms. The monoisotopic (exact) mass is 268 g/mol. The second kappa shape index (κ2) is 6.94. The van der Waals surface area contributed by atoms with Crippen molar-refractivity contribution >= 4 is 6.09 Å². The highest BCUT2D eigenvalue weighted by molar-refractivity contribution is 5.67. The van der Waals surface area contributed by atoms with Crippen molar-refractivity contribution in [2.45, 2.75) is 32.9 Å². The highest BCUT2D eigenvalue weighted by Crippen LogP contribution is 2.15. The Labute approximate surface area is 112 Å². The van der Waals surface area contributed by atoms with Crippen LogP contribution in [0.4, 0.5) is 4.79 Å². The number of ether oxygens (including phenoxy) is 2. The van der Waals surface area contributed by atoms with Crippen molar-refractivity contribution in [2.75, 3.05) is 13.2 Å². The van der Waals surface area contributed by atoms with Gasteiger partial charge < -0.3 is 19.9 Å². The summed E-state index contributed by atoms with van der Waals surface area (Å²) in [6.07, 6.45) is 1.10. The Balaban J connectivity index is 2.55. The summed E-state index contributed by atoms with van der Waals surface area (Å²) in [7, 11) is 0. The van der Waals surface area contributed by atoms with E-state index in [-0.39, 0.29) is 19.8 Å².